The summed E-state index contributed by atoms with van der Waals surface area (Å²) >= 11 is 0. The summed E-state index contributed by atoms with van der Waals surface area (Å²) in [6.45, 7) is 10.4. The fourth-order valence-electron chi connectivity index (χ4n) is 2.12. The van der Waals surface area contributed by atoms with Gasteiger partial charge in [0.15, 0.2) is 6.29 Å². The molecule has 4 heteroatoms. The molecular weight excluding hydrogens is 256 g/mol. The molecule has 1 heterocycles. The van der Waals surface area contributed by atoms with Gasteiger partial charge in [-0.3, -0.25) is 0 Å². The topological polar surface area (TPSA) is 47.9 Å². The highest BCUT2D eigenvalue weighted by Crippen LogP contribution is 2.45. The molecule has 20 heavy (non-hydrogen) atoms. The Hall–Kier alpha value is -1.10. The van der Waals surface area contributed by atoms with Gasteiger partial charge in [-0.05, 0) is 52.3 Å². The molecule has 0 unspecified atom stereocenters. The van der Waals surface area contributed by atoms with E-state index in [0.717, 1.165) is 16.9 Å². The fraction of sp³-hybridized carbons (Fsp3) is 0.625. The summed E-state index contributed by atoms with van der Waals surface area (Å²) in [7, 11) is 0. The van der Waals surface area contributed by atoms with Crippen molar-refractivity contribution in [2.75, 3.05) is 13.2 Å². The first kappa shape index (κ1) is 15.3. The standard InChI is InChI=1S/C16H24O4/c1-11-10-12(6-7-13(11)18-9-8-17)14-19-15(2,3)16(4,5)20-14/h6-7,10,14,17H,8-9H2,1-5H3. The van der Waals surface area contributed by atoms with Crippen LogP contribution in [0.3, 0.4) is 0 Å². The molecule has 1 N–H and O–H groups in total. The predicted molar refractivity (Wildman–Crippen MR) is 76.8 cm³/mol. The Morgan fingerprint density at radius 3 is 2.25 bits per heavy atom. The fourth-order valence-corrected chi connectivity index (χ4v) is 2.12. The number of hydrogen-bond donors (Lipinski definition) is 1. The molecule has 0 aliphatic carbocycles. The van der Waals surface area contributed by atoms with Crippen LogP contribution < -0.4 is 4.74 Å². The van der Waals surface area contributed by atoms with Gasteiger partial charge in [-0.25, -0.2) is 0 Å². The van der Waals surface area contributed by atoms with E-state index in [1.807, 2.05) is 52.8 Å². The number of benzene rings is 1. The number of ether oxygens (including phenoxy) is 3. The van der Waals surface area contributed by atoms with Crippen LogP contribution in [0.1, 0.15) is 45.1 Å². The van der Waals surface area contributed by atoms with Crippen molar-refractivity contribution in [3.63, 3.8) is 0 Å². The van der Waals surface area contributed by atoms with Crippen molar-refractivity contribution in [3.05, 3.63) is 29.3 Å². The van der Waals surface area contributed by atoms with Gasteiger partial charge in [0, 0.05) is 5.56 Å². The van der Waals surface area contributed by atoms with Crippen molar-refractivity contribution in [1.29, 1.82) is 0 Å². The van der Waals surface area contributed by atoms with Gasteiger partial charge >= 0.3 is 0 Å². The van der Waals surface area contributed by atoms with E-state index in [2.05, 4.69) is 0 Å². The second-order valence-corrected chi connectivity index (χ2v) is 6.19. The van der Waals surface area contributed by atoms with Crippen LogP contribution in [0.15, 0.2) is 18.2 Å². The summed E-state index contributed by atoms with van der Waals surface area (Å²) in [5, 5.41) is 8.80. The third kappa shape index (κ3) is 2.82. The molecule has 1 aliphatic rings. The van der Waals surface area contributed by atoms with Gasteiger partial charge in [-0.15, -0.1) is 0 Å². The molecule has 0 saturated carbocycles. The van der Waals surface area contributed by atoms with Crippen LogP contribution in [-0.2, 0) is 9.47 Å². The van der Waals surface area contributed by atoms with Crippen LogP contribution in [0.2, 0.25) is 0 Å². The van der Waals surface area contributed by atoms with Crippen LogP contribution in [0.4, 0.5) is 0 Å². The minimum atomic E-state index is -0.356. The molecule has 4 nitrogen and oxygen atoms in total. The van der Waals surface area contributed by atoms with Gasteiger partial charge in [-0.1, -0.05) is 6.07 Å². The Morgan fingerprint density at radius 2 is 1.75 bits per heavy atom. The van der Waals surface area contributed by atoms with Crippen molar-refractivity contribution in [2.45, 2.75) is 52.1 Å². The molecule has 0 radical (unpaired) electrons. The Labute approximate surface area is 120 Å². The first-order valence-corrected chi connectivity index (χ1v) is 6.97. The molecule has 1 aliphatic heterocycles. The van der Waals surface area contributed by atoms with E-state index in [0.29, 0.717) is 6.61 Å². The molecule has 2 rings (SSSR count). The minimum absolute atomic E-state index is 0.0123. The number of aliphatic hydroxyl groups excluding tert-OH is 1. The number of aryl methyl sites for hydroxylation is 1. The van der Waals surface area contributed by atoms with Crippen LogP contribution in [-0.4, -0.2) is 29.5 Å². The van der Waals surface area contributed by atoms with E-state index in [1.54, 1.807) is 0 Å². The maximum absolute atomic E-state index is 8.80. The first-order valence-electron chi connectivity index (χ1n) is 6.97. The quantitative estimate of drug-likeness (QED) is 0.921. The Bertz CT molecular complexity index is 463. The van der Waals surface area contributed by atoms with Crippen LogP contribution >= 0.6 is 0 Å². The minimum Gasteiger partial charge on any atom is -0.491 e. The SMILES string of the molecule is Cc1cc(C2OC(C)(C)C(C)(C)O2)ccc1OCCO. The lowest BCUT2D eigenvalue weighted by atomic mass is 9.90. The van der Waals surface area contributed by atoms with Crippen molar-refractivity contribution in [3.8, 4) is 5.75 Å². The maximum Gasteiger partial charge on any atom is 0.185 e. The second kappa shape index (κ2) is 5.35. The molecule has 0 bridgehead atoms. The van der Waals surface area contributed by atoms with Gasteiger partial charge in [0.2, 0.25) is 0 Å². The van der Waals surface area contributed by atoms with E-state index >= 15 is 0 Å². The highest BCUT2D eigenvalue weighted by atomic mass is 16.7. The molecule has 1 fully saturated rings. The molecule has 1 saturated heterocycles. The highest BCUT2D eigenvalue weighted by Gasteiger charge is 2.49. The zero-order valence-electron chi connectivity index (χ0n) is 12.9. The summed E-state index contributed by atoms with van der Waals surface area (Å²) < 4.78 is 17.5. The van der Waals surface area contributed by atoms with Gasteiger partial charge in [0.1, 0.15) is 12.4 Å². The molecule has 1 aromatic carbocycles. The Kier molecular flexibility index (Phi) is 4.09. The third-order valence-electron chi connectivity index (χ3n) is 4.07. The zero-order valence-corrected chi connectivity index (χ0v) is 12.9. The van der Waals surface area contributed by atoms with Gasteiger partial charge in [-0.2, -0.15) is 0 Å². The van der Waals surface area contributed by atoms with Gasteiger partial charge in [0.25, 0.3) is 0 Å². The van der Waals surface area contributed by atoms with E-state index in [-0.39, 0.29) is 24.1 Å². The van der Waals surface area contributed by atoms with Crippen LogP contribution in [0.25, 0.3) is 0 Å². The van der Waals surface area contributed by atoms with Crippen molar-refractivity contribution < 1.29 is 19.3 Å². The maximum atomic E-state index is 8.80. The van der Waals surface area contributed by atoms with Crippen LogP contribution in [0.5, 0.6) is 5.75 Å². The molecule has 1 aromatic rings. The number of rotatable bonds is 4. The predicted octanol–water partition coefficient (Wildman–Crippen LogP) is 2.97. The normalized spacial score (nSPS) is 21.1. The van der Waals surface area contributed by atoms with Crippen molar-refractivity contribution in [1.82, 2.24) is 0 Å². The first-order chi connectivity index (χ1) is 9.27. The van der Waals surface area contributed by atoms with Crippen molar-refractivity contribution >= 4 is 0 Å². The third-order valence-corrected chi connectivity index (χ3v) is 4.07. The number of aliphatic hydroxyl groups is 1. The van der Waals surface area contributed by atoms with Gasteiger partial charge < -0.3 is 19.3 Å². The molecule has 0 amide bonds. The van der Waals surface area contributed by atoms with Crippen LogP contribution in [0, 0.1) is 6.92 Å². The average molecular weight is 280 g/mol. The average Bonchev–Trinajstić information content (AvgIpc) is 2.57. The number of hydrogen-bond acceptors (Lipinski definition) is 4. The summed E-state index contributed by atoms with van der Waals surface area (Å²) in [5.74, 6) is 0.777. The summed E-state index contributed by atoms with van der Waals surface area (Å²) in [6, 6.07) is 5.85. The van der Waals surface area contributed by atoms with E-state index in [1.165, 1.54) is 0 Å². The highest BCUT2D eigenvalue weighted by molar-refractivity contribution is 5.37. The molecule has 0 spiro atoms. The van der Waals surface area contributed by atoms with E-state index < -0.39 is 0 Å². The summed E-state index contributed by atoms with van der Waals surface area (Å²) in [5.41, 5.74) is 1.32. The lowest BCUT2D eigenvalue weighted by Crippen LogP contribution is -2.41. The van der Waals surface area contributed by atoms with Crippen molar-refractivity contribution in [2.24, 2.45) is 0 Å². The summed E-state index contributed by atoms with van der Waals surface area (Å²) in [6.07, 6.45) is -0.356. The molecule has 0 aromatic heterocycles. The molecular formula is C16H24O4. The largest absolute Gasteiger partial charge is 0.491 e. The van der Waals surface area contributed by atoms with E-state index in [9.17, 15) is 0 Å². The Morgan fingerprint density at radius 1 is 1.15 bits per heavy atom. The molecule has 0 atom stereocenters. The van der Waals surface area contributed by atoms with E-state index in [4.69, 9.17) is 19.3 Å². The monoisotopic (exact) mass is 280 g/mol. The summed E-state index contributed by atoms with van der Waals surface area (Å²) in [4.78, 5) is 0. The second-order valence-electron chi connectivity index (χ2n) is 6.19. The lowest BCUT2D eigenvalue weighted by Gasteiger charge is -2.30. The smallest absolute Gasteiger partial charge is 0.185 e. The Balaban J connectivity index is 2.17. The lowest BCUT2D eigenvalue weighted by molar-refractivity contribution is -0.0896. The van der Waals surface area contributed by atoms with Gasteiger partial charge in [0.05, 0.1) is 17.8 Å². The molecule has 112 valence electrons. The zero-order chi connectivity index (χ0) is 15.0.